The molecule has 2 amide bonds. The average Bonchev–Trinajstić information content (AvgIpc) is 3.10. The third-order valence-corrected chi connectivity index (χ3v) is 4.60. The lowest BCUT2D eigenvalue weighted by atomic mass is 10.1. The Bertz CT molecular complexity index is 777. The Kier molecular flexibility index (Phi) is 6.55. The van der Waals surface area contributed by atoms with E-state index in [1.807, 2.05) is 6.92 Å². The van der Waals surface area contributed by atoms with Crippen molar-refractivity contribution < 1.29 is 19.5 Å². The Morgan fingerprint density at radius 1 is 1.24 bits per heavy atom. The Labute approximate surface area is 153 Å². The van der Waals surface area contributed by atoms with E-state index < -0.39 is 17.9 Å². The highest BCUT2D eigenvalue weighted by atomic mass is 35.5. The number of benzene rings is 1. The number of carboxylic acid groups (broad SMARTS) is 1. The number of hydrogen-bond donors (Lipinski definition) is 3. The highest BCUT2D eigenvalue weighted by molar-refractivity contribution is 7.12. The number of anilines is 1. The minimum absolute atomic E-state index is 0.216. The van der Waals surface area contributed by atoms with Crippen LogP contribution in [0.25, 0.3) is 0 Å². The van der Waals surface area contributed by atoms with Crippen LogP contribution in [0.4, 0.5) is 5.69 Å². The number of carboxylic acids is 1. The third-order valence-electron chi connectivity index (χ3n) is 3.40. The molecule has 3 N–H and O–H groups in total. The zero-order valence-electron chi connectivity index (χ0n) is 13.4. The van der Waals surface area contributed by atoms with Crippen LogP contribution < -0.4 is 10.6 Å². The maximum atomic E-state index is 12.3. The van der Waals surface area contributed by atoms with Crippen LogP contribution in [0.5, 0.6) is 0 Å². The second kappa shape index (κ2) is 8.64. The van der Waals surface area contributed by atoms with E-state index in [0.29, 0.717) is 17.7 Å². The fraction of sp³-hybridized carbons (Fsp3) is 0.235. The van der Waals surface area contributed by atoms with Gasteiger partial charge in [0, 0.05) is 5.56 Å². The van der Waals surface area contributed by atoms with Crippen LogP contribution in [0, 0.1) is 0 Å². The van der Waals surface area contributed by atoms with Gasteiger partial charge in [0.15, 0.2) is 0 Å². The molecule has 6 nitrogen and oxygen atoms in total. The van der Waals surface area contributed by atoms with E-state index in [-0.39, 0.29) is 22.2 Å². The largest absolute Gasteiger partial charge is 0.480 e. The van der Waals surface area contributed by atoms with E-state index in [9.17, 15) is 14.4 Å². The van der Waals surface area contributed by atoms with Gasteiger partial charge in [-0.05, 0) is 36.1 Å². The highest BCUT2D eigenvalue weighted by Crippen LogP contribution is 2.24. The van der Waals surface area contributed by atoms with E-state index in [2.05, 4.69) is 10.6 Å². The third kappa shape index (κ3) is 5.04. The Morgan fingerprint density at radius 2 is 2.00 bits per heavy atom. The number of carbonyl (C=O) groups excluding carboxylic acids is 2. The quantitative estimate of drug-likeness (QED) is 0.683. The molecule has 1 aromatic carbocycles. The molecule has 132 valence electrons. The Balaban J connectivity index is 2.15. The van der Waals surface area contributed by atoms with Crippen LogP contribution in [0.1, 0.15) is 39.8 Å². The topological polar surface area (TPSA) is 95.5 Å². The number of carbonyl (C=O) groups is 3. The lowest BCUT2D eigenvalue weighted by Crippen LogP contribution is -2.40. The summed E-state index contributed by atoms with van der Waals surface area (Å²) in [4.78, 5) is 36.1. The normalized spacial score (nSPS) is 11.6. The maximum absolute atomic E-state index is 12.3. The van der Waals surface area contributed by atoms with Crippen molar-refractivity contribution in [2.45, 2.75) is 25.8 Å². The first-order valence-corrected chi connectivity index (χ1v) is 8.86. The predicted octanol–water partition coefficient (Wildman–Crippen LogP) is 3.64. The van der Waals surface area contributed by atoms with Gasteiger partial charge in [-0.15, -0.1) is 11.3 Å². The molecule has 0 spiro atoms. The number of halogens is 1. The van der Waals surface area contributed by atoms with Gasteiger partial charge in [0.1, 0.15) is 6.04 Å². The van der Waals surface area contributed by atoms with Gasteiger partial charge >= 0.3 is 5.97 Å². The van der Waals surface area contributed by atoms with Gasteiger partial charge in [-0.1, -0.05) is 31.0 Å². The summed E-state index contributed by atoms with van der Waals surface area (Å²) in [5.74, 6) is -1.96. The molecule has 0 radical (unpaired) electrons. The minimum Gasteiger partial charge on any atom is -0.480 e. The van der Waals surface area contributed by atoms with Crippen LogP contribution in [0.3, 0.4) is 0 Å². The zero-order chi connectivity index (χ0) is 18.4. The fourth-order valence-electron chi connectivity index (χ4n) is 2.14. The number of rotatable bonds is 7. The summed E-state index contributed by atoms with van der Waals surface area (Å²) in [6.45, 7) is 1.84. The van der Waals surface area contributed by atoms with Crippen LogP contribution in [-0.4, -0.2) is 28.9 Å². The summed E-state index contributed by atoms with van der Waals surface area (Å²) in [5, 5.41) is 16.3. The minimum atomic E-state index is -1.09. The van der Waals surface area contributed by atoms with Gasteiger partial charge in [-0.2, -0.15) is 0 Å². The molecule has 0 aliphatic rings. The number of hydrogen-bond acceptors (Lipinski definition) is 4. The van der Waals surface area contributed by atoms with Gasteiger partial charge in [0.2, 0.25) is 0 Å². The monoisotopic (exact) mass is 380 g/mol. The molecule has 1 atom stereocenters. The lowest BCUT2D eigenvalue weighted by molar-refractivity contribution is -0.139. The van der Waals surface area contributed by atoms with Crippen LogP contribution >= 0.6 is 22.9 Å². The molecule has 0 saturated heterocycles. The number of nitrogens with one attached hydrogen (secondary N) is 2. The summed E-state index contributed by atoms with van der Waals surface area (Å²) in [6.07, 6.45) is 0.955. The molecule has 0 fully saturated rings. The molecule has 8 heteroatoms. The molecule has 0 bridgehead atoms. The molecule has 2 rings (SSSR count). The van der Waals surface area contributed by atoms with Crippen LogP contribution in [0.2, 0.25) is 5.02 Å². The standard InChI is InChI=1S/C17H17ClN2O4S/c1-2-4-12(17(23)24)19-15(21)10-6-7-11(18)13(9-10)20-16(22)14-5-3-8-25-14/h3,5-9,12H,2,4H2,1H3,(H,19,21)(H,20,22)(H,23,24)/t12-/m1/s1. The SMILES string of the molecule is CCC[C@@H](NC(=O)c1ccc(Cl)c(NC(=O)c2cccs2)c1)C(=O)O. The van der Waals surface area contributed by atoms with Gasteiger partial charge < -0.3 is 15.7 Å². The van der Waals surface area contributed by atoms with Gasteiger partial charge in [0.05, 0.1) is 15.6 Å². The average molecular weight is 381 g/mol. The molecule has 25 heavy (non-hydrogen) atoms. The Hall–Kier alpha value is -2.38. The molecule has 1 heterocycles. The second-order valence-electron chi connectivity index (χ2n) is 5.28. The first-order valence-electron chi connectivity index (χ1n) is 7.60. The zero-order valence-corrected chi connectivity index (χ0v) is 15.0. The fourth-order valence-corrected chi connectivity index (χ4v) is 2.93. The molecular weight excluding hydrogens is 364 g/mol. The molecule has 0 aliphatic carbocycles. The molecule has 0 saturated carbocycles. The van der Waals surface area contributed by atoms with Crippen molar-refractivity contribution in [3.63, 3.8) is 0 Å². The first-order chi connectivity index (χ1) is 11.9. The number of amides is 2. The Morgan fingerprint density at radius 3 is 2.60 bits per heavy atom. The molecular formula is C17H17ClN2O4S. The number of thiophene rings is 1. The van der Waals surface area contributed by atoms with Crippen molar-refractivity contribution in [2.75, 3.05) is 5.32 Å². The first kappa shape index (κ1) is 19.0. The highest BCUT2D eigenvalue weighted by Gasteiger charge is 2.20. The summed E-state index contributed by atoms with van der Waals surface area (Å²) < 4.78 is 0. The van der Waals surface area contributed by atoms with Crippen LogP contribution in [-0.2, 0) is 4.79 Å². The van der Waals surface area contributed by atoms with E-state index >= 15 is 0 Å². The predicted molar refractivity (Wildman–Crippen MR) is 97.5 cm³/mol. The summed E-state index contributed by atoms with van der Waals surface area (Å²) in [7, 11) is 0. The van der Waals surface area contributed by atoms with E-state index in [1.165, 1.54) is 29.5 Å². The van der Waals surface area contributed by atoms with Crippen molar-refractivity contribution in [3.05, 3.63) is 51.2 Å². The van der Waals surface area contributed by atoms with Gasteiger partial charge in [0.25, 0.3) is 11.8 Å². The molecule has 0 aliphatic heterocycles. The molecule has 0 unspecified atom stereocenters. The molecule has 2 aromatic rings. The second-order valence-corrected chi connectivity index (χ2v) is 6.63. The van der Waals surface area contributed by atoms with E-state index in [4.69, 9.17) is 16.7 Å². The van der Waals surface area contributed by atoms with Crippen molar-refractivity contribution in [1.82, 2.24) is 5.32 Å². The molecule has 1 aromatic heterocycles. The summed E-state index contributed by atoms with van der Waals surface area (Å²) in [6, 6.07) is 6.85. The smallest absolute Gasteiger partial charge is 0.326 e. The van der Waals surface area contributed by atoms with Crippen molar-refractivity contribution in [2.24, 2.45) is 0 Å². The maximum Gasteiger partial charge on any atom is 0.326 e. The van der Waals surface area contributed by atoms with Crippen molar-refractivity contribution >= 4 is 46.4 Å². The van der Waals surface area contributed by atoms with Crippen molar-refractivity contribution in [3.8, 4) is 0 Å². The van der Waals surface area contributed by atoms with Crippen molar-refractivity contribution in [1.29, 1.82) is 0 Å². The van der Waals surface area contributed by atoms with E-state index in [1.54, 1.807) is 17.5 Å². The van der Waals surface area contributed by atoms with Gasteiger partial charge in [-0.3, -0.25) is 9.59 Å². The van der Waals surface area contributed by atoms with Crippen LogP contribution in [0.15, 0.2) is 35.7 Å². The van der Waals surface area contributed by atoms with E-state index in [0.717, 1.165) is 0 Å². The summed E-state index contributed by atoms with van der Waals surface area (Å²) in [5.41, 5.74) is 0.503. The number of aliphatic carboxylic acids is 1. The lowest BCUT2D eigenvalue weighted by Gasteiger charge is -2.14. The van der Waals surface area contributed by atoms with Gasteiger partial charge in [-0.25, -0.2) is 4.79 Å². The summed E-state index contributed by atoms with van der Waals surface area (Å²) >= 11 is 7.36.